The molecule has 1 atom stereocenters. The summed E-state index contributed by atoms with van der Waals surface area (Å²) in [4.78, 5) is 26.7. The first kappa shape index (κ1) is 21.8. The van der Waals surface area contributed by atoms with Gasteiger partial charge in [-0.15, -0.1) is 0 Å². The third kappa shape index (κ3) is 4.98. The Morgan fingerprint density at radius 3 is 2.40 bits per heavy atom. The minimum Gasteiger partial charge on any atom is -0.497 e. The van der Waals surface area contributed by atoms with Crippen LogP contribution in [0.1, 0.15) is 19.8 Å². The molecular formula is C21H25N3O5S. The Labute approximate surface area is 176 Å². The second-order valence-electron chi connectivity index (χ2n) is 7.01. The number of nitrogens with zero attached hydrogens (tertiary/aromatic N) is 1. The zero-order valence-corrected chi connectivity index (χ0v) is 17.7. The van der Waals surface area contributed by atoms with E-state index in [9.17, 15) is 18.0 Å². The topological polar surface area (TPSA) is 105 Å². The zero-order valence-electron chi connectivity index (χ0n) is 16.9. The number of nitrogens with one attached hydrogen (secondary N) is 2. The van der Waals surface area contributed by atoms with Crippen LogP contribution in [0.15, 0.2) is 53.4 Å². The van der Waals surface area contributed by atoms with E-state index in [4.69, 9.17) is 4.74 Å². The number of hydrogen-bond donors (Lipinski definition) is 2. The molecule has 3 rings (SSSR count). The average Bonchev–Trinajstić information content (AvgIpc) is 3.14. The first-order chi connectivity index (χ1) is 14.3. The van der Waals surface area contributed by atoms with Gasteiger partial charge in [0, 0.05) is 30.9 Å². The number of carbonyl (C=O) groups is 2. The van der Waals surface area contributed by atoms with E-state index in [0.29, 0.717) is 30.1 Å². The number of anilines is 2. The van der Waals surface area contributed by atoms with Crippen LogP contribution in [0.2, 0.25) is 0 Å². The Bertz CT molecular complexity index is 1000. The van der Waals surface area contributed by atoms with Crippen LogP contribution in [0, 0.1) is 5.92 Å². The van der Waals surface area contributed by atoms with E-state index in [-0.39, 0.29) is 29.7 Å². The fourth-order valence-corrected chi connectivity index (χ4v) is 4.31. The summed E-state index contributed by atoms with van der Waals surface area (Å²) >= 11 is 0. The lowest BCUT2D eigenvalue weighted by molar-refractivity contribution is -0.122. The second kappa shape index (κ2) is 9.27. The van der Waals surface area contributed by atoms with Crippen molar-refractivity contribution in [2.45, 2.75) is 24.7 Å². The van der Waals surface area contributed by atoms with Crippen LogP contribution in [-0.2, 0) is 19.6 Å². The third-order valence-corrected chi connectivity index (χ3v) is 6.33. The van der Waals surface area contributed by atoms with Crippen molar-refractivity contribution < 1.29 is 22.7 Å². The highest BCUT2D eigenvalue weighted by atomic mass is 32.2. The molecule has 8 nitrogen and oxygen atoms in total. The summed E-state index contributed by atoms with van der Waals surface area (Å²) in [5, 5.41) is 2.76. The second-order valence-corrected chi connectivity index (χ2v) is 8.78. The molecule has 1 fully saturated rings. The van der Waals surface area contributed by atoms with Gasteiger partial charge >= 0.3 is 0 Å². The maximum atomic E-state index is 12.6. The number of amides is 2. The molecule has 1 aliphatic rings. The van der Waals surface area contributed by atoms with Crippen LogP contribution in [0.3, 0.4) is 0 Å². The van der Waals surface area contributed by atoms with Gasteiger partial charge in [0.05, 0.1) is 17.9 Å². The Hall–Kier alpha value is -2.91. The summed E-state index contributed by atoms with van der Waals surface area (Å²) in [5.41, 5.74) is 1.19. The molecule has 1 unspecified atom stereocenters. The summed E-state index contributed by atoms with van der Waals surface area (Å²) in [6.45, 7) is 2.52. The van der Waals surface area contributed by atoms with Gasteiger partial charge in [0.1, 0.15) is 5.75 Å². The SMILES string of the molecule is CCCNS(=O)(=O)c1ccc(NC(=O)C2CC(=O)N(c3ccc(OC)cc3)C2)cc1. The summed E-state index contributed by atoms with van der Waals surface area (Å²) in [6, 6.07) is 13.1. The van der Waals surface area contributed by atoms with Crippen molar-refractivity contribution in [2.24, 2.45) is 5.92 Å². The van der Waals surface area contributed by atoms with Crippen molar-refractivity contribution in [1.29, 1.82) is 0 Å². The Morgan fingerprint density at radius 1 is 1.13 bits per heavy atom. The molecule has 0 aromatic heterocycles. The molecule has 2 amide bonds. The summed E-state index contributed by atoms with van der Waals surface area (Å²) in [6.07, 6.45) is 0.812. The van der Waals surface area contributed by atoms with E-state index in [1.807, 2.05) is 6.92 Å². The molecule has 2 aromatic rings. The van der Waals surface area contributed by atoms with Crippen molar-refractivity contribution in [3.05, 3.63) is 48.5 Å². The highest BCUT2D eigenvalue weighted by molar-refractivity contribution is 7.89. The monoisotopic (exact) mass is 431 g/mol. The smallest absolute Gasteiger partial charge is 0.240 e. The molecule has 0 radical (unpaired) electrons. The number of carbonyl (C=O) groups excluding carboxylic acids is 2. The van der Waals surface area contributed by atoms with Crippen molar-refractivity contribution in [1.82, 2.24) is 4.72 Å². The van der Waals surface area contributed by atoms with Gasteiger partial charge in [-0.2, -0.15) is 0 Å². The zero-order chi connectivity index (χ0) is 21.7. The summed E-state index contributed by atoms with van der Waals surface area (Å²) in [7, 11) is -1.99. The number of hydrogen-bond acceptors (Lipinski definition) is 5. The molecular weight excluding hydrogens is 406 g/mol. The van der Waals surface area contributed by atoms with Gasteiger partial charge in [0.25, 0.3) is 0 Å². The van der Waals surface area contributed by atoms with Crippen LogP contribution >= 0.6 is 0 Å². The molecule has 2 aromatic carbocycles. The lowest BCUT2D eigenvalue weighted by atomic mass is 10.1. The normalized spacial score (nSPS) is 16.5. The average molecular weight is 432 g/mol. The fraction of sp³-hybridized carbons (Fsp3) is 0.333. The predicted octanol–water partition coefficient (Wildman–Crippen LogP) is 2.38. The Kier molecular flexibility index (Phi) is 6.73. The quantitative estimate of drug-likeness (QED) is 0.668. The first-order valence-corrected chi connectivity index (χ1v) is 11.2. The molecule has 1 saturated heterocycles. The Morgan fingerprint density at radius 2 is 1.80 bits per heavy atom. The van der Waals surface area contributed by atoms with Gasteiger partial charge in [0.2, 0.25) is 21.8 Å². The lowest BCUT2D eigenvalue weighted by Gasteiger charge is -2.17. The number of methoxy groups -OCH3 is 1. The summed E-state index contributed by atoms with van der Waals surface area (Å²) < 4.78 is 31.9. The Balaban J connectivity index is 1.62. The number of ether oxygens (including phenoxy) is 1. The molecule has 9 heteroatoms. The number of sulfonamides is 1. The molecule has 0 spiro atoms. The van der Waals surface area contributed by atoms with Gasteiger partial charge in [-0.1, -0.05) is 6.92 Å². The first-order valence-electron chi connectivity index (χ1n) is 9.69. The lowest BCUT2D eigenvalue weighted by Crippen LogP contribution is -2.28. The largest absolute Gasteiger partial charge is 0.497 e. The fourth-order valence-electron chi connectivity index (χ4n) is 3.18. The maximum absolute atomic E-state index is 12.6. The van der Waals surface area contributed by atoms with Crippen molar-refractivity contribution >= 4 is 33.2 Å². The van der Waals surface area contributed by atoms with E-state index in [0.717, 1.165) is 0 Å². The van der Waals surface area contributed by atoms with Crippen LogP contribution in [0.5, 0.6) is 5.75 Å². The number of rotatable bonds is 8. The van der Waals surface area contributed by atoms with Gasteiger partial charge in [0.15, 0.2) is 0 Å². The van der Waals surface area contributed by atoms with E-state index in [1.54, 1.807) is 36.3 Å². The van der Waals surface area contributed by atoms with E-state index in [2.05, 4.69) is 10.0 Å². The van der Waals surface area contributed by atoms with E-state index in [1.165, 1.54) is 24.3 Å². The molecule has 0 bridgehead atoms. The molecule has 0 aliphatic carbocycles. The van der Waals surface area contributed by atoms with Gasteiger partial charge < -0.3 is 15.0 Å². The molecule has 1 heterocycles. The highest BCUT2D eigenvalue weighted by Crippen LogP contribution is 2.27. The van der Waals surface area contributed by atoms with Gasteiger partial charge in [-0.3, -0.25) is 9.59 Å². The van der Waals surface area contributed by atoms with Crippen LogP contribution in [0.4, 0.5) is 11.4 Å². The molecule has 2 N–H and O–H groups in total. The van der Waals surface area contributed by atoms with Crippen molar-refractivity contribution in [2.75, 3.05) is 30.4 Å². The van der Waals surface area contributed by atoms with E-state index >= 15 is 0 Å². The van der Waals surface area contributed by atoms with Crippen molar-refractivity contribution in [3.8, 4) is 5.75 Å². The van der Waals surface area contributed by atoms with Crippen LogP contribution in [0.25, 0.3) is 0 Å². The third-order valence-electron chi connectivity index (χ3n) is 4.85. The maximum Gasteiger partial charge on any atom is 0.240 e. The minimum absolute atomic E-state index is 0.116. The molecule has 1 aliphatic heterocycles. The number of benzene rings is 2. The highest BCUT2D eigenvalue weighted by Gasteiger charge is 2.35. The molecule has 30 heavy (non-hydrogen) atoms. The standard InChI is InChI=1S/C21H25N3O5S/c1-3-12-22-30(27,28)19-10-4-16(5-11-19)23-21(26)15-13-20(25)24(14-15)17-6-8-18(29-2)9-7-17/h4-11,15,22H,3,12-14H2,1-2H3,(H,23,26). The van der Waals surface area contributed by atoms with Crippen LogP contribution in [-0.4, -0.2) is 40.4 Å². The van der Waals surface area contributed by atoms with Crippen molar-refractivity contribution in [3.63, 3.8) is 0 Å². The van der Waals surface area contributed by atoms with Crippen LogP contribution < -0.4 is 19.7 Å². The molecule has 160 valence electrons. The predicted molar refractivity (Wildman–Crippen MR) is 114 cm³/mol. The van der Waals surface area contributed by atoms with Gasteiger partial charge in [-0.05, 0) is 55.0 Å². The van der Waals surface area contributed by atoms with Gasteiger partial charge in [-0.25, -0.2) is 13.1 Å². The minimum atomic E-state index is -3.56. The van der Waals surface area contributed by atoms with E-state index < -0.39 is 15.9 Å². The summed E-state index contributed by atoms with van der Waals surface area (Å²) in [5.74, 6) is -0.202. The molecule has 0 saturated carbocycles.